The van der Waals surface area contributed by atoms with Crippen LogP contribution in [-0.2, 0) is 4.79 Å². The molecule has 0 aliphatic carbocycles. The van der Waals surface area contributed by atoms with Crippen LogP contribution in [0.5, 0.6) is 5.75 Å². The van der Waals surface area contributed by atoms with Crippen LogP contribution in [0.2, 0.25) is 0 Å². The maximum Gasteiger partial charge on any atom is 0.152 e. The van der Waals surface area contributed by atoms with Crippen molar-refractivity contribution in [3.63, 3.8) is 0 Å². The molecule has 0 aromatic heterocycles. The fraction of sp³-hybridized carbons (Fsp3) is 0.462. The fourth-order valence-corrected chi connectivity index (χ4v) is 1.73. The highest BCUT2D eigenvalue weighted by atomic mass is 35.5. The Labute approximate surface area is 102 Å². The molecule has 0 saturated heterocycles. The van der Waals surface area contributed by atoms with Crippen LogP contribution in [-0.4, -0.2) is 12.9 Å². The molecule has 0 aliphatic heterocycles. The molecule has 0 bridgehead atoms. The van der Waals surface area contributed by atoms with Crippen LogP contribution in [0.25, 0.3) is 0 Å². The Morgan fingerprint density at radius 2 is 2.00 bits per heavy atom. The smallest absolute Gasteiger partial charge is 0.152 e. The summed E-state index contributed by atoms with van der Waals surface area (Å²) in [5.74, 6) is 1.14. The molecular formula is C13H17ClO2. The lowest BCUT2D eigenvalue weighted by Gasteiger charge is -2.15. The van der Waals surface area contributed by atoms with E-state index in [0.717, 1.165) is 16.9 Å². The van der Waals surface area contributed by atoms with Crippen LogP contribution in [0.15, 0.2) is 18.2 Å². The first-order valence-corrected chi connectivity index (χ1v) is 5.73. The second-order valence-corrected chi connectivity index (χ2v) is 4.57. The second kappa shape index (κ2) is 5.35. The number of Topliss-reactive ketones (excluding diaryl/α,β-unsaturated/α-hetero) is 1. The molecule has 1 aromatic rings. The Morgan fingerprint density at radius 3 is 2.44 bits per heavy atom. The summed E-state index contributed by atoms with van der Waals surface area (Å²) in [4.78, 5) is 11.2. The van der Waals surface area contributed by atoms with Gasteiger partial charge in [-0.15, -0.1) is 11.6 Å². The third kappa shape index (κ3) is 2.76. The SMILES string of the molecule is COc1ccc(C(Cl)C(C)=O)cc1C(C)C. The first-order chi connectivity index (χ1) is 7.47. The average molecular weight is 241 g/mol. The molecule has 16 heavy (non-hydrogen) atoms. The number of hydrogen-bond acceptors (Lipinski definition) is 2. The molecular weight excluding hydrogens is 224 g/mol. The van der Waals surface area contributed by atoms with Crippen LogP contribution >= 0.6 is 11.6 Å². The van der Waals surface area contributed by atoms with Crippen molar-refractivity contribution in [2.24, 2.45) is 0 Å². The lowest BCUT2D eigenvalue weighted by atomic mass is 9.97. The Balaban J connectivity index is 3.16. The molecule has 1 unspecified atom stereocenters. The second-order valence-electron chi connectivity index (χ2n) is 4.13. The van der Waals surface area contributed by atoms with Gasteiger partial charge in [0.05, 0.1) is 7.11 Å². The molecule has 1 aromatic carbocycles. The zero-order valence-electron chi connectivity index (χ0n) is 10.1. The van der Waals surface area contributed by atoms with Crippen molar-refractivity contribution in [3.05, 3.63) is 29.3 Å². The third-order valence-electron chi connectivity index (χ3n) is 2.53. The van der Waals surface area contributed by atoms with Crippen LogP contribution in [0.4, 0.5) is 0 Å². The summed E-state index contributed by atoms with van der Waals surface area (Å²) in [6, 6.07) is 5.65. The zero-order valence-corrected chi connectivity index (χ0v) is 10.8. The van der Waals surface area contributed by atoms with Crippen LogP contribution in [0.3, 0.4) is 0 Å². The van der Waals surface area contributed by atoms with Crippen molar-refractivity contribution in [2.75, 3.05) is 7.11 Å². The summed E-state index contributed by atoms with van der Waals surface area (Å²) >= 11 is 6.02. The monoisotopic (exact) mass is 240 g/mol. The molecule has 0 amide bonds. The molecule has 1 atom stereocenters. The topological polar surface area (TPSA) is 26.3 Å². The number of carbonyl (C=O) groups excluding carboxylic acids is 1. The van der Waals surface area contributed by atoms with Gasteiger partial charge in [-0.05, 0) is 36.1 Å². The number of ether oxygens (including phenoxy) is 1. The van der Waals surface area contributed by atoms with Crippen molar-refractivity contribution < 1.29 is 9.53 Å². The molecule has 0 aliphatic rings. The maximum atomic E-state index is 11.2. The number of alkyl halides is 1. The highest BCUT2D eigenvalue weighted by Crippen LogP contribution is 2.31. The summed E-state index contributed by atoms with van der Waals surface area (Å²) in [5, 5.41) is -0.566. The van der Waals surface area contributed by atoms with Gasteiger partial charge >= 0.3 is 0 Å². The van der Waals surface area contributed by atoms with E-state index in [1.165, 1.54) is 6.92 Å². The maximum absolute atomic E-state index is 11.2. The van der Waals surface area contributed by atoms with Gasteiger partial charge in [-0.3, -0.25) is 4.79 Å². The zero-order chi connectivity index (χ0) is 12.3. The highest BCUT2D eigenvalue weighted by molar-refractivity contribution is 6.30. The molecule has 3 heteroatoms. The molecule has 2 nitrogen and oxygen atoms in total. The summed E-state index contributed by atoms with van der Waals surface area (Å²) in [5.41, 5.74) is 1.91. The van der Waals surface area contributed by atoms with Crippen molar-refractivity contribution >= 4 is 17.4 Å². The largest absolute Gasteiger partial charge is 0.496 e. The van der Waals surface area contributed by atoms with Crippen molar-refractivity contribution in [1.29, 1.82) is 0 Å². The first-order valence-electron chi connectivity index (χ1n) is 5.29. The normalized spacial score (nSPS) is 12.6. The van der Waals surface area contributed by atoms with E-state index in [9.17, 15) is 4.79 Å². The lowest BCUT2D eigenvalue weighted by Crippen LogP contribution is -2.03. The third-order valence-corrected chi connectivity index (χ3v) is 3.08. The molecule has 0 N–H and O–H groups in total. The highest BCUT2D eigenvalue weighted by Gasteiger charge is 2.16. The summed E-state index contributed by atoms with van der Waals surface area (Å²) in [7, 11) is 1.64. The van der Waals surface area contributed by atoms with E-state index >= 15 is 0 Å². The van der Waals surface area contributed by atoms with E-state index in [2.05, 4.69) is 13.8 Å². The van der Waals surface area contributed by atoms with Gasteiger partial charge in [0.1, 0.15) is 11.1 Å². The standard InChI is InChI=1S/C13H17ClO2/c1-8(2)11-7-10(13(14)9(3)15)5-6-12(11)16-4/h5-8,13H,1-4H3. The predicted molar refractivity (Wildman–Crippen MR) is 66.4 cm³/mol. The van der Waals surface area contributed by atoms with E-state index in [-0.39, 0.29) is 5.78 Å². The summed E-state index contributed by atoms with van der Waals surface area (Å²) in [6.07, 6.45) is 0. The number of hydrogen-bond donors (Lipinski definition) is 0. The van der Waals surface area contributed by atoms with Gasteiger partial charge < -0.3 is 4.74 Å². The van der Waals surface area contributed by atoms with Gasteiger partial charge in [0.25, 0.3) is 0 Å². The quantitative estimate of drug-likeness (QED) is 0.751. The summed E-state index contributed by atoms with van der Waals surface area (Å²) < 4.78 is 5.27. The minimum Gasteiger partial charge on any atom is -0.496 e. The number of ketones is 1. The van der Waals surface area contributed by atoms with Gasteiger partial charge in [-0.2, -0.15) is 0 Å². The first kappa shape index (κ1) is 13.0. The lowest BCUT2D eigenvalue weighted by molar-refractivity contribution is -0.116. The number of methoxy groups -OCH3 is 1. The van der Waals surface area contributed by atoms with E-state index in [4.69, 9.17) is 16.3 Å². The van der Waals surface area contributed by atoms with Gasteiger partial charge in [0.15, 0.2) is 5.78 Å². The molecule has 0 heterocycles. The molecule has 1 rings (SSSR count). The van der Waals surface area contributed by atoms with E-state index < -0.39 is 5.38 Å². The van der Waals surface area contributed by atoms with Crippen molar-refractivity contribution in [2.45, 2.75) is 32.1 Å². The predicted octanol–water partition coefficient (Wildman–Crippen LogP) is 3.69. The van der Waals surface area contributed by atoms with E-state index in [0.29, 0.717) is 5.92 Å². The van der Waals surface area contributed by atoms with Gasteiger partial charge in [0, 0.05) is 0 Å². The van der Waals surface area contributed by atoms with Gasteiger partial charge in [-0.25, -0.2) is 0 Å². The Morgan fingerprint density at radius 1 is 1.38 bits per heavy atom. The molecule has 0 fully saturated rings. The number of carbonyl (C=O) groups is 1. The van der Waals surface area contributed by atoms with Crippen LogP contribution in [0.1, 0.15) is 43.2 Å². The van der Waals surface area contributed by atoms with Gasteiger partial charge in [0.2, 0.25) is 0 Å². The number of benzene rings is 1. The number of halogens is 1. The molecule has 0 spiro atoms. The fourth-order valence-electron chi connectivity index (χ4n) is 1.60. The van der Waals surface area contributed by atoms with E-state index in [1.807, 2.05) is 18.2 Å². The van der Waals surface area contributed by atoms with Crippen LogP contribution < -0.4 is 4.74 Å². The van der Waals surface area contributed by atoms with Crippen molar-refractivity contribution in [1.82, 2.24) is 0 Å². The summed E-state index contributed by atoms with van der Waals surface area (Å²) in [6.45, 7) is 5.66. The Hall–Kier alpha value is -1.02. The molecule has 0 radical (unpaired) electrons. The minimum absolute atomic E-state index is 0.0402. The number of rotatable bonds is 4. The average Bonchev–Trinajstić information content (AvgIpc) is 2.26. The minimum atomic E-state index is -0.566. The van der Waals surface area contributed by atoms with Crippen LogP contribution in [0, 0.1) is 0 Å². The Kier molecular flexibility index (Phi) is 4.36. The Bertz CT molecular complexity index is 386. The molecule has 88 valence electrons. The molecule has 0 saturated carbocycles. The van der Waals surface area contributed by atoms with Gasteiger partial charge in [-0.1, -0.05) is 19.9 Å². The van der Waals surface area contributed by atoms with Crippen molar-refractivity contribution in [3.8, 4) is 5.75 Å². The van der Waals surface area contributed by atoms with E-state index in [1.54, 1.807) is 7.11 Å².